The van der Waals surface area contributed by atoms with Crippen molar-refractivity contribution < 1.29 is 33.1 Å². The van der Waals surface area contributed by atoms with Crippen LogP contribution >= 0.6 is 11.6 Å². The van der Waals surface area contributed by atoms with Crippen LogP contribution in [0.15, 0.2) is 83.4 Å². The van der Waals surface area contributed by atoms with Gasteiger partial charge in [0, 0.05) is 17.0 Å². The summed E-state index contributed by atoms with van der Waals surface area (Å²) in [7, 11) is 1.33. The predicted molar refractivity (Wildman–Crippen MR) is 144 cm³/mol. The summed E-state index contributed by atoms with van der Waals surface area (Å²) in [6, 6.07) is 23.8. The smallest absolute Gasteiger partial charge is 0.467 e. The number of rotatable bonds is 10. The van der Waals surface area contributed by atoms with Crippen LogP contribution in [-0.4, -0.2) is 30.5 Å². The van der Waals surface area contributed by atoms with Crippen molar-refractivity contribution >= 4 is 23.7 Å². The second-order valence-corrected chi connectivity index (χ2v) is 9.24. The summed E-state index contributed by atoms with van der Waals surface area (Å²) < 4.78 is 27.1. The van der Waals surface area contributed by atoms with Gasteiger partial charge < -0.3 is 23.5 Å². The van der Waals surface area contributed by atoms with Crippen LogP contribution in [-0.2, 0) is 32.0 Å². The van der Waals surface area contributed by atoms with Crippen molar-refractivity contribution in [1.29, 1.82) is 0 Å². The average Bonchev–Trinajstić information content (AvgIpc) is 3.31. The Morgan fingerprint density at radius 2 is 1.62 bits per heavy atom. The molecule has 0 aliphatic heterocycles. The number of nitrogens with zero attached hydrogens (tertiary/aromatic N) is 1. The molecule has 0 amide bonds. The quantitative estimate of drug-likeness (QED) is 0.197. The highest BCUT2D eigenvalue weighted by Gasteiger charge is 2.23. The molecule has 4 rings (SSSR count). The molecule has 0 radical (unpaired) electrons. The molecule has 4 aromatic rings. The van der Waals surface area contributed by atoms with Gasteiger partial charge in [-0.15, -0.1) is 0 Å². The number of hydrogen-bond donors (Lipinski definition) is 0. The van der Waals surface area contributed by atoms with Crippen LogP contribution in [0.2, 0.25) is 5.02 Å². The van der Waals surface area contributed by atoms with Gasteiger partial charge in [-0.25, -0.2) is 9.59 Å². The highest BCUT2D eigenvalue weighted by molar-refractivity contribution is 6.30. The topological polar surface area (TPSA) is 97.1 Å². The van der Waals surface area contributed by atoms with Crippen molar-refractivity contribution in [3.8, 4) is 17.1 Å². The predicted octanol–water partition coefficient (Wildman–Crippen LogP) is 6.88. The van der Waals surface area contributed by atoms with E-state index >= 15 is 0 Å². The van der Waals surface area contributed by atoms with E-state index in [1.165, 1.54) is 7.11 Å². The number of benzene rings is 3. The third kappa shape index (κ3) is 7.46. The normalized spacial score (nSPS) is 12.4. The monoisotopic (exact) mass is 549 g/mol. The Morgan fingerprint density at radius 1 is 0.949 bits per heavy atom. The molecule has 0 bridgehead atoms. The van der Waals surface area contributed by atoms with Crippen molar-refractivity contribution in [1.82, 2.24) is 5.16 Å². The molecule has 9 heteroatoms. The summed E-state index contributed by atoms with van der Waals surface area (Å²) in [5, 5.41) is 4.56. The van der Waals surface area contributed by atoms with Crippen LogP contribution in [0, 0.1) is 6.92 Å². The molecule has 0 N–H and O–H groups in total. The van der Waals surface area contributed by atoms with Gasteiger partial charge in [0.2, 0.25) is 11.5 Å². The lowest BCUT2D eigenvalue weighted by molar-refractivity contribution is -0.154. The van der Waals surface area contributed by atoms with Crippen molar-refractivity contribution in [2.75, 3.05) is 7.11 Å². The fraction of sp³-hybridized carbons (Fsp3) is 0.233. The van der Waals surface area contributed by atoms with Crippen molar-refractivity contribution in [3.05, 3.63) is 106 Å². The molecule has 0 spiro atoms. The first-order valence-electron chi connectivity index (χ1n) is 12.3. The Hall–Kier alpha value is -4.14. The molecule has 0 aliphatic carbocycles. The molecule has 202 valence electrons. The zero-order chi connectivity index (χ0) is 27.8. The molecule has 8 nitrogen and oxygen atoms in total. The summed E-state index contributed by atoms with van der Waals surface area (Å²) in [5.41, 5.74) is 3.61. The molecule has 2 atom stereocenters. The highest BCUT2D eigenvalue weighted by atomic mass is 35.5. The van der Waals surface area contributed by atoms with Crippen LogP contribution in [0.1, 0.15) is 35.4 Å². The first-order valence-corrected chi connectivity index (χ1v) is 12.6. The molecule has 1 heterocycles. The standard InChI is InChI=1S/C30H28ClNO7/c1-19-27(38-30(34)37-20(2)23-7-5-4-6-8-23)28(39-32-19)24-13-9-22(10-14-24)18-36-26(29(33)35-3)17-21-11-15-25(31)16-12-21/h4-16,20,26H,17-18H2,1-3H3. The van der Waals surface area contributed by atoms with Gasteiger partial charge in [0.05, 0.1) is 13.7 Å². The molecule has 0 fully saturated rings. The third-order valence-corrected chi connectivity index (χ3v) is 6.25. The Bertz CT molecular complexity index is 1390. The lowest BCUT2D eigenvalue weighted by Gasteiger charge is -2.16. The fourth-order valence-electron chi connectivity index (χ4n) is 3.83. The Balaban J connectivity index is 1.40. The number of halogens is 1. The first kappa shape index (κ1) is 27.9. The molecule has 1 aromatic heterocycles. The van der Waals surface area contributed by atoms with Gasteiger partial charge >= 0.3 is 12.1 Å². The van der Waals surface area contributed by atoms with Gasteiger partial charge in [0.1, 0.15) is 11.8 Å². The minimum atomic E-state index is -0.863. The molecule has 0 saturated heterocycles. The minimum Gasteiger partial charge on any atom is -0.467 e. The summed E-state index contributed by atoms with van der Waals surface area (Å²) in [6.45, 7) is 3.61. The molecule has 0 aliphatic rings. The van der Waals surface area contributed by atoms with E-state index in [-0.39, 0.29) is 12.4 Å². The lowest BCUT2D eigenvalue weighted by atomic mass is 10.1. The van der Waals surface area contributed by atoms with Crippen LogP contribution in [0.4, 0.5) is 4.79 Å². The van der Waals surface area contributed by atoms with E-state index in [9.17, 15) is 9.59 Å². The molecule has 2 unspecified atom stereocenters. The van der Waals surface area contributed by atoms with Gasteiger partial charge in [0.25, 0.3) is 0 Å². The van der Waals surface area contributed by atoms with E-state index in [2.05, 4.69) is 5.16 Å². The third-order valence-electron chi connectivity index (χ3n) is 6.00. The maximum Gasteiger partial charge on any atom is 0.514 e. The second kappa shape index (κ2) is 13.1. The number of ether oxygens (including phenoxy) is 4. The Labute approximate surface area is 231 Å². The van der Waals surface area contributed by atoms with Crippen LogP contribution in [0.5, 0.6) is 5.75 Å². The molecular formula is C30H28ClNO7. The van der Waals surface area contributed by atoms with Crippen LogP contribution < -0.4 is 4.74 Å². The highest BCUT2D eigenvalue weighted by Crippen LogP contribution is 2.34. The van der Waals surface area contributed by atoms with E-state index in [0.717, 1.165) is 16.7 Å². The van der Waals surface area contributed by atoms with E-state index in [4.69, 9.17) is 35.1 Å². The maximum atomic E-state index is 12.5. The summed E-state index contributed by atoms with van der Waals surface area (Å²) in [6.07, 6.45) is -1.79. The lowest BCUT2D eigenvalue weighted by Crippen LogP contribution is -2.28. The maximum absolute atomic E-state index is 12.5. The summed E-state index contributed by atoms with van der Waals surface area (Å²) in [5.74, 6) is 0.00593. The van der Waals surface area contributed by atoms with Crippen LogP contribution in [0.3, 0.4) is 0 Å². The van der Waals surface area contributed by atoms with Gasteiger partial charge in [-0.2, -0.15) is 0 Å². The van der Waals surface area contributed by atoms with Crippen molar-refractivity contribution in [2.24, 2.45) is 0 Å². The van der Waals surface area contributed by atoms with Gasteiger partial charge in [-0.05, 0) is 42.7 Å². The zero-order valence-corrected chi connectivity index (χ0v) is 22.5. The number of carbonyl (C=O) groups excluding carboxylic acids is 2. The number of hydrogen-bond acceptors (Lipinski definition) is 8. The number of esters is 1. The Morgan fingerprint density at radius 3 is 2.28 bits per heavy atom. The second-order valence-electron chi connectivity index (χ2n) is 8.80. The summed E-state index contributed by atoms with van der Waals surface area (Å²) >= 11 is 5.95. The van der Waals surface area contributed by atoms with Crippen LogP contribution in [0.25, 0.3) is 11.3 Å². The SMILES string of the molecule is COC(=O)C(Cc1ccc(Cl)cc1)OCc1ccc(-c2onc(C)c2OC(=O)OC(C)c2ccccc2)cc1. The molecular weight excluding hydrogens is 522 g/mol. The van der Waals surface area contributed by atoms with E-state index < -0.39 is 24.3 Å². The number of aromatic nitrogens is 1. The number of carbonyl (C=O) groups is 2. The minimum absolute atomic E-state index is 0.177. The van der Waals surface area contributed by atoms with Gasteiger partial charge in [0.15, 0.2) is 6.10 Å². The zero-order valence-electron chi connectivity index (χ0n) is 21.8. The number of aryl methyl sites for hydroxylation is 1. The first-order chi connectivity index (χ1) is 18.8. The average molecular weight is 550 g/mol. The van der Waals surface area contributed by atoms with E-state index in [1.807, 2.05) is 54.6 Å². The molecule has 3 aromatic carbocycles. The van der Waals surface area contributed by atoms with Gasteiger partial charge in [-0.3, -0.25) is 0 Å². The van der Waals surface area contributed by atoms with E-state index in [0.29, 0.717) is 28.5 Å². The number of methoxy groups -OCH3 is 1. The molecule has 39 heavy (non-hydrogen) atoms. The van der Waals surface area contributed by atoms with Gasteiger partial charge in [-0.1, -0.05) is 83.5 Å². The summed E-state index contributed by atoms with van der Waals surface area (Å²) in [4.78, 5) is 24.8. The molecule has 0 saturated carbocycles. The fourth-order valence-corrected chi connectivity index (χ4v) is 3.96. The van der Waals surface area contributed by atoms with E-state index in [1.54, 1.807) is 38.1 Å². The largest absolute Gasteiger partial charge is 0.514 e. The Kier molecular flexibility index (Phi) is 9.35. The van der Waals surface area contributed by atoms with Crippen molar-refractivity contribution in [2.45, 2.75) is 39.1 Å². The van der Waals surface area contributed by atoms with Crippen molar-refractivity contribution in [3.63, 3.8) is 0 Å².